The molecule has 0 spiro atoms. The Morgan fingerprint density at radius 1 is 1.62 bits per heavy atom. The van der Waals surface area contributed by atoms with E-state index in [1.165, 1.54) is 0 Å². The molecule has 1 heterocycles. The third kappa shape index (κ3) is 0.808. The van der Waals surface area contributed by atoms with Gasteiger partial charge in [0, 0.05) is 0 Å². The molecule has 1 aliphatic rings. The summed E-state index contributed by atoms with van der Waals surface area (Å²) in [5.74, 6) is -0.296. The molecule has 44 valence electrons. The average molecular weight is 113 g/mol. The fourth-order valence-corrected chi connectivity index (χ4v) is 0.666. The molecular weight excluding hydrogens is 106 g/mol. The van der Waals surface area contributed by atoms with E-state index in [1.54, 1.807) is 0 Å². The van der Waals surface area contributed by atoms with Crippen molar-refractivity contribution in [2.75, 3.05) is 13.2 Å². The molecule has 1 fully saturated rings. The zero-order chi connectivity index (χ0) is 5.98. The van der Waals surface area contributed by atoms with Gasteiger partial charge in [0.2, 0.25) is 0 Å². The molecule has 0 amide bonds. The number of aliphatic hydroxyl groups excluding tert-OH is 1. The predicted molar refractivity (Wildman–Crippen MR) is 25.9 cm³/mol. The number of rotatable bonds is 0. The number of ether oxygens (including phenoxy) is 1. The molecule has 0 aromatic rings. The first-order chi connectivity index (χ1) is 3.84. The summed E-state index contributed by atoms with van der Waals surface area (Å²) in [4.78, 5) is 0. The van der Waals surface area contributed by atoms with Crippen molar-refractivity contribution >= 4 is 0 Å². The van der Waals surface area contributed by atoms with Crippen LogP contribution < -0.4 is 0 Å². The summed E-state index contributed by atoms with van der Waals surface area (Å²) in [6.07, 6.45) is -0.556. The maximum atomic E-state index is 8.84. The highest BCUT2D eigenvalue weighted by atomic mass is 16.5. The van der Waals surface area contributed by atoms with Crippen LogP contribution in [-0.2, 0) is 4.74 Å². The van der Waals surface area contributed by atoms with E-state index in [1.807, 2.05) is 6.07 Å². The molecular formula is C5H7NO2. The van der Waals surface area contributed by atoms with Gasteiger partial charge in [-0.3, -0.25) is 0 Å². The molecule has 0 aliphatic carbocycles. The molecule has 1 aliphatic heterocycles. The minimum Gasteiger partial charge on any atom is -0.389 e. The zero-order valence-corrected chi connectivity index (χ0v) is 4.37. The van der Waals surface area contributed by atoms with Gasteiger partial charge in [0.1, 0.15) is 0 Å². The molecule has 1 N–H and O–H groups in total. The van der Waals surface area contributed by atoms with E-state index >= 15 is 0 Å². The van der Waals surface area contributed by atoms with E-state index in [9.17, 15) is 0 Å². The second-order valence-corrected chi connectivity index (χ2v) is 1.84. The maximum absolute atomic E-state index is 8.84. The Labute approximate surface area is 47.5 Å². The van der Waals surface area contributed by atoms with Crippen LogP contribution in [0.4, 0.5) is 0 Å². The third-order valence-electron chi connectivity index (χ3n) is 1.22. The van der Waals surface area contributed by atoms with Gasteiger partial charge in [-0.25, -0.2) is 0 Å². The average Bonchev–Trinajstić information content (AvgIpc) is 2.14. The third-order valence-corrected chi connectivity index (χ3v) is 1.22. The van der Waals surface area contributed by atoms with Gasteiger partial charge in [-0.1, -0.05) is 0 Å². The molecule has 3 heteroatoms. The fourth-order valence-electron chi connectivity index (χ4n) is 0.666. The molecule has 0 radical (unpaired) electrons. The van der Waals surface area contributed by atoms with Crippen LogP contribution >= 0.6 is 0 Å². The maximum Gasteiger partial charge on any atom is 0.0978 e. The number of hydrogen-bond donors (Lipinski definition) is 1. The highest BCUT2D eigenvalue weighted by Crippen LogP contribution is 2.10. The van der Waals surface area contributed by atoms with Crippen molar-refractivity contribution in [3.8, 4) is 6.07 Å². The molecule has 0 aromatic carbocycles. The van der Waals surface area contributed by atoms with Crippen molar-refractivity contribution in [1.29, 1.82) is 5.26 Å². The van der Waals surface area contributed by atoms with Gasteiger partial charge >= 0.3 is 0 Å². The predicted octanol–water partition coefficient (Wildman–Crippen LogP) is -0.483. The summed E-state index contributed by atoms with van der Waals surface area (Å²) in [6, 6.07) is 1.94. The van der Waals surface area contributed by atoms with Gasteiger partial charge in [-0.2, -0.15) is 5.26 Å². The molecule has 1 saturated heterocycles. The van der Waals surface area contributed by atoms with Gasteiger partial charge < -0.3 is 9.84 Å². The summed E-state index contributed by atoms with van der Waals surface area (Å²) in [7, 11) is 0. The molecule has 3 nitrogen and oxygen atoms in total. The topological polar surface area (TPSA) is 53.2 Å². The zero-order valence-electron chi connectivity index (χ0n) is 4.37. The van der Waals surface area contributed by atoms with Crippen molar-refractivity contribution in [1.82, 2.24) is 0 Å². The number of nitriles is 1. The quantitative estimate of drug-likeness (QED) is 0.461. The summed E-state index contributed by atoms with van der Waals surface area (Å²) in [5.41, 5.74) is 0. The summed E-state index contributed by atoms with van der Waals surface area (Å²) >= 11 is 0. The van der Waals surface area contributed by atoms with E-state index in [2.05, 4.69) is 0 Å². The number of nitrogens with zero attached hydrogens (tertiary/aromatic N) is 1. The lowest BCUT2D eigenvalue weighted by Crippen LogP contribution is -2.15. The lowest BCUT2D eigenvalue weighted by Gasteiger charge is -1.98. The van der Waals surface area contributed by atoms with Crippen LogP contribution in [0.2, 0.25) is 0 Å². The van der Waals surface area contributed by atoms with Crippen LogP contribution in [0.5, 0.6) is 0 Å². The lowest BCUT2D eigenvalue weighted by molar-refractivity contribution is 0.123. The molecule has 8 heavy (non-hydrogen) atoms. The SMILES string of the molecule is N#C[C@H]1COC[C@@H]1O. The molecule has 0 bridgehead atoms. The normalized spacial score (nSPS) is 37.0. The second-order valence-electron chi connectivity index (χ2n) is 1.84. The summed E-state index contributed by atoms with van der Waals surface area (Å²) in [5, 5.41) is 17.1. The smallest absolute Gasteiger partial charge is 0.0978 e. The minimum atomic E-state index is -0.556. The molecule has 1 rings (SSSR count). The first-order valence-corrected chi connectivity index (χ1v) is 2.50. The van der Waals surface area contributed by atoms with Crippen LogP contribution in [0.1, 0.15) is 0 Å². The van der Waals surface area contributed by atoms with Gasteiger partial charge in [0.15, 0.2) is 0 Å². The highest BCUT2D eigenvalue weighted by Gasteiger charge is 2.25. The molecule has 0 saturated carbocycles. The monoisotopic (exact) mass is 113 g/mol. The van der Waals surface area contributed by atoms with Crippen molar-refractivity contribution in [2.24, 2.45) is 5.92 Å². The highest BCUT2D eigenvalue weighted by molar-refractivity contribution is 4.91. The largest absolute Gasteiger partial charge is 0.389 e. The molecule has 2 atom stereocenters. The Morgan fingerprint density at radius 2 is 2.38 bits per heavy atom. The lowest BCUT2D eigenvalue weighted by atomic mass is 10.1. The fraction of sp³-hybridized carbons (Fsp3) is 0.800. The minimum absolute atomic E-state index is 0.296. The van der Waals surface area contributed by atoms with Crippen LogP contribution in [0.15, 0.2) is 0 Å². The van der Waals surface area contributed by atoms with Crippen LogP contribution in [0.25, 0.3) is 0 Å². The Morgan fingerprint density at radius 3 is 2.62 bits per heavy atom. The Bertz CT molecular complexity index is 118. The first-order valence-electron chi connectivity index (χ1n) is 2.50. The van der Waals surface area contributed by atoms with Gasteiger partial charge in [-0.15, -0.1) is 0 Å². The Balaban J connectivity index is 2.45. The molecule has 0 unspecified atom stereocenters. The first kappa shape index (κ1) is 5.54. The number of hydrogen-bond acceptors (Lipinski definition) is 3. The van der Waals surface area contributed by atoms with Gasteiger partial charge in [0.25, 0.3) is 0 Å². The van der Waals surface area contributed by atoms with Gasteiger partial charge in [-0.05, 0) is 0 Å². The Hall–Kier alpha value is -0.590. The van der Waals surface area contributed by atoms with Crippen molar-refractivity contribution in [3.63, 3.8) is 0 Å². The van der Waals surface area contributed by atoms with E-state index in [4.69, 9.17) is 15.1 Å². The van der Waals surface area contributed by atoms with E-state index in [0.717, 1.165) is 0 Å². The standard InChI is InChI=1S/C5H7NO2/c6-1-4-2-8-3-5(4)7/h4-5,7H,2-3H2/t4-,5-/m0/s1. The van der Waals surface area contributed by atoms with Crippen LogP contribution in [-0.4, -0.2) is 24.4 Å². The Kier molecular flexibility index (Phi) is 1.47. The van der Waals surface area contributed by atoms with Crippen molar-refractivity contribution in [3.05, 3.63) is 0 Å². The summed E-state index contributed by atoms with van der Waals surface area (Å²) in [6.45, 7) is 0.704. The van der Waals surface area contributed by atoms with Crippen LogP contribution in [0, 0.1) is 17.2 Å². The second kappa shape index (κ2) is 2.12. The van der Waals surface area contributed by atoms with Crippen molar-refractivity contribution in [2.45, 2.75) is 6.10 Å². The van der Waals surface area contributed by atoms with Gasteiger partial charge in [0.05, 0.1) is 31.3 Å². The van der Waals surface area contributed by atoms with Crippen molar-refractivity contribution < 1.29 is 9.84 Å². The number of aliphatic hydroxyl groups is 1. The van der Waals surface area contributed by atoms with E-state index in [0.29, 0.717) is 13.2 Å². The van der Waals surface area contributed by atoms with Crippen LogP contribution in [0.3, 0.4) is 0 Å². The van der Waals surface area contributed by atoms with E-state index in [-0.39, 0.29) is 5.92 Å². The van der Waals surface area contributed by atoms with E-state index < -0.39 is 6.10 Å². The molecule has 0 aromatic heterocycles. The summed E-state index contributed by atoms with van der Waals surface area (Å²) < 4.78 is 4.79.